The molecular weight excluding hydrogens is 408 g/mol. The average Bonchev–Trinajstić information content (AvgIpc) is 3.35. The predicted molar refractivity (Wildman–Crippen MR) is 125 cm³/mol. The molecule has 2 aromatic carbocycles. The van der Waals surface area contributed by atoms with Crippen molar-refractivity contribution in [3.63, 3.8) is 0 Å². The lowest BCUT2D eigenvalue weighted by Gasteiger charge is -2.21. The minimum atomic E-state index is -0.368. The molecule has 2 amide bonds. The van der Waals surface area contributed by atoms with Crippen LogP contribution in [0.4, 0.5) is 11.4 Å². The van der Waals surface area contributed by atoms with Crippen LogP contribution in [0.3, 0.4) is 0 Å². The Hall–Kier alpha value is -3.38. The second-order valence-corrected chi connectivity index (χ2v) is 9.27. The number of imide groups is 1. The minimum absolute atomic E-state index is 0.0149. The zero-order chi connectivity index (χ0) is 22.2. The number of nitrogens with zero attached hydrogens (tertiary/aromatic N) is 1. The van der Waals surface area contributed by atoms with Gasteiger partial charge in [-0.25, -0.2) is 4.90 Å². The van der Waals surface area contributed by atoms with Gasteiger partial charge < -0.3 is 10.1 Å². The molecule has 31 heavy (non-hydrogen) atoms. The van der Waals surface area contributed by atoms with Crippen LogP contribution in [0.5, 0.6) is 5.75 Å². The maximum Gasteiger partial charge on any atom is 0.282 e. The summed E-state index contributed by atoms with van der Waals surface area (Å²) in [7, 11) is 1.60. The fourth-order valence-corrected chi connectivity index (χ4v) is 4.23. The van der Waals surface area contributed by atoms with Crippen molar-refractivity contribution in [2.45, 2.75) is 26.2 Å². The Balaban J connectivity index is 1.72. The highest BCUT2D eigenvalue weighted by molar-refractivity contribution is 7.11. The lowest BCUT2D eigenvalue weighted by molar-refractivity contribution is -0.120. The van der Waals surface area contributed by atoms with Gasteiger partial charge in [-0.15, -0.1) is 11.3 Å². The number of nitrogens with one attached hydrogen (secondary N) is 1. The van der Waals surface area contributed by atoms with Crippen LogP contribution < -0.4 is 15.0 Å². The third-order valence-corrected chi connectivity index (χ3v) is 6.09. The van der Waals surface area contributed by atoms with Gasteiger partial charge in [0.05, 0.1) is 18.4 Å². The first-order chi connectivity index (χ1) is 14.8. The summed E-state index contributed by atoms with van der Waals surface area (Å²) in [5.41, 5.74) is 3.05. The predicted octanol–water partition coefficient (Wildman–Crippen LogP) is 5.45. The number of ether oxygens (including phenoxy) is 1. The molecule has 5 nitrogen and oxygen atoms in total. The molecular formula is C25H24N2O3S. The van der Waals surface area contributed by atoms with Gasteiger partial charge in [-0.05, 0) is 58.8 Å². The molecule has 0 bridgehead atoms. The van der Waals surface area contributed by atoms with E-state index in [9.17, 15) is 9.59 Å². The van der Waals surface area contributed by atoms with E-state index in [2.05, 4.69) is 26.1 Å². The van der Waals surface area contributed by atoms with Crippen molar-refractivity contribution in [1.82, 2.24) is 0 Å². The molecule has 6 heteroatoms. The zero-order valence-electron chi connectivity index (χ0n) is 17.9. The van der Waals surface area contributed by atoms with Crippen molar-refractivity contribution in [3.8, 4) is 5.75 Å². The molecule has 158 valence electrons. The van der Waals surface area contributed by atoms with Gasteiger partial charge in [0, 0.05) is 10.6 Å². The summed E-state index contributed by atoms with van der Waals surface area (Å²) in [6, 6.07) is 18.6. The topological polar surface area (TPSA) is 58.6 Å². The third kappa shape index (κ3) is 3.99. The summed E-state index contributed by atoms with van der Waals surface area (Å²) >= 11 is 1.43. The Morgan fingerprint density at radius 2 is 1.58 bits per heavy atom. The number of rotatable bonds is 5. The molecule has 0 spiro atoms. The average molecular weight is 433 g/mol. The van der Waals surface area contributed by atoms with Crippen LogP contribution >= 0.6 is 11.3 Å². The van der Waals surface area contributed by atoms with E-state index in [0.717, 1.165) is 10.4 Å². The normalized spacial score (nSPS) is 14.4. The van der Waals surface area contributed by atoms with Crippen molar-refractivity contribution in [1.29, 1.82) is 0 Å². The molecule has 1 aliphatic heterocycles. The van der Waals surface area contributed by atoms with E-state index in [4.69, 9.17) is 4.74 Å². The number of anilines is 2. The summed E-state index contributed by atoms with van der Waals surface area (Å²) in [5, 5.41) is 5.06. The van der Waals surface area contributed by atoms with Crippen LogP contribution in [0.1, 0.15) is 31.2 Å². The summed E-state index contributed by atoms with van der Waals surface area (Å²) in [6.07, 6.45) is 0. The Kier molecular flexibility index (Phi) is 5.41. The summed E-state index contributed by atoms with van der Waals surface area (Å²) in [6.45, 7) is 6.38. The monoisotopic (exact) mass is 432 g/mol. The highest BCUT2D eigenvalue weighted by Gasteiger charge is 2.40. The first kappa shape index (κ1) is 20.9. The molecule has 0 saturated carbocycles. The second kappa shape index (κ2) is 8.04. The zero-order valence-corrected chi connectivity index (χ0v) is 18.7. The van der Waals surface area contributed by atoms with E-state index >= 15 is 0 Å². The third-order valence-electron chi connectivity index (χ3n) is 5.20. The Labute approximate surface area is 186 Å². The highest BCUT2D eigenvalue weighted by atomic mass is 32.1. The van der Waals surface area contributed by atoms with Gasteiger partial charge in [-0.3, -0.25) is 9.59 Å². The lowest BCUT2D eigenvalue weighted by atomic mass is 9.87. The van der Waals surface area contributed by atoms with Crippen molar-refractivity contribution < 1.29 is 14.3 Å². The maximum absolute atomic E-state index is 13.4. The molecule has 1 N–H and O–H groups in total. The van der Waals surface area contributed by atoms with Gasteiger partial charge >= 0.3 is 0 Å². The largest absolute Gasteiger partial charge is 0.497 e. The van der Waals surface area contributed by atoms with Crippen LogP contribution in [-0.4, -0.2) is 18.9 Å². The number of carbonyl (C=O) groups excluding carboxylic acids is 2. The number of methoxy groups -OCH3 is 1. The fourth-order valence-electron chi connectivity index (χ4n) is 3.46. The SMILES string of the molecule is COc1ccc(NC2=C(c3cccs3)C(=O)N(c3ccc(C(C)(C)C)cc3)C2=O)cc1. The summed E-state index contributed by atoms with van der Waals surface area (Å²) < 4.78 is 5.20. The standard InChI is InChI=1S/C25H24N2O3S/c1-25(2,3)16-7-11-18(12-8-16)27-23(28)21(20-6-5-15-31-20)22(24(27)29)26-17-9-13-19(30-4)14-10-17/h5-15,26H,1-4H3. The van der Waals surface area contributed by atoms with Gasteiger partial charge in [0.25, 0.3) is 11.8 Å². The molecule has 0 saturated heterocycles. The van der Waals surface area contributed by atoms with Gasteiger partial charge in [0.1, 0.15) is 11.4 Å². The van der Waals surface area contributed by atoms with Crippen molar-refractivity contribution >= 4 is 40.1 Å². The number of hydrogen-bond donors (Lipinski definition) is 1. The van der Waals surface area contributed by atoms with Crippen LogP contribution in [0, 0.1) is 0 Å². The van der Waals surface area contributed by atoms with E-state index < -0.39 is 0 Å². The van der Waals surface area contributed by atoms with Gasteiger partial charge in [-0.2, -0.15) is 0 Å². The molecule has 3 aromatic rings. The molecule has 0 atom stereocenters. The molecule has 4 rings (SSSR count). The molecule has 1 aliphatic rings. The minimum Gasteiger partial charge on any atom is -0.497 e. The number of hydrogen-bond acceptors (Lipinski definition) is 5. The second-order valence-electron chi connectivity index (χ2n) is 8.32. The van der Waals surface area contributed by atoms with Gasteiger partial charge in [-0.1, -0.05) is 39.0 Å². The van der Waals surface area contributed by atoms with E-state index in [1.54, 1.807) is 19.2 Å². The molecule has 1 aromatic heterocycles. The van der Waals surface area contributed by atoms with E-state index in [0.29, 0.717) is 22.7 Å². The van der Waals surface area contributed by atoms with E-state index in [1.807, 2.05) is 53.9 Å². The molecule has 0 radical (unpaired) electrons. The molecule has 0 fully saturated rings. The smallest absolute Gasteiger partial charge is 0.282 e. The van der Waals surface area contributed by atoms with E-state index in [1.165, 1.54) is 16.2 Å². The summed E-state index contributed by atoms with van der Waals surface area (Å²) in [5.74, 6) is 0.0205. The molecule has 0 aliphatic carbocycles. The van der Waals surface area contributed by atoms with Crippen molar-refractivity contribution in [3.05, 3.63) is 82.2 Å². The number of amides is 2. The quantitative estimate of drug-likeness (QED) is 0.545. The number of thiophene rings is 1. The van der Waals surface area contributed by atoms with Gasteiger partial charge in [0.15, 0.2) is 0 Å². The van der Waals surface area contributed by atoms with Crippen LogP contribution in [0.25, 0.3) is 5.57 Å². The van der Waals surface area contributed by atoms with Crippen molar-refractivity contribution in [2.24, 2.45) is 0 Å². The van der Waals surface area contributed by atoms with Crippen LogP contribution in [-0.2, 0) is 15.0 Å². The molecule has 2 heterocycles. The Bertz CT molecular complexity index is 1140. The highest BCUT2D eigenvalue weighted by Crippen LogP contribution is 2.36. The van der Waals surface area contributed by atoms with Crippen LogP contribution in [0.2, 0.25) is 0 Å². The summed E-state index contributed by atoms with van der Waals surface area (Å²) in [4.78, 5) is 28.8. The van der Waals surface area contributed by atoms with Crippen LogP contribution in [0.15, 0.2) is 71.7 Å². The van der Waals surface area contributed by atoms with Gasteiger partial charge in [0.2, 0.25) is 0 Å². The first-order valence-electron chi connectivity index (χ1n) is 9.98. The number of carbonyl (C=O) groups is 2. The maximum atomic E-state index is 13.4. The molecule has 0 unspecified atom stereocenters. The Morgan fingerprint density at radius 3 is 2.13 bits per heavy atom. The van der Waals surface area contributed by atoms with E-state index in [-0.39, 0.29) is 22.9 Å². The fraction of sp³-hybridized carbons (Fsp3) is 0.200. The van der Waals surface area contributed by atoms with Crippen molar-refractivity contribution in [2.75, 3.05) is 17.3 Å². The Morgan fingerprint density at radius 1 is 0.903 bits per heavy atom. The first-order valence-corrected chi connectivity index (χ1v) is 10.9. The lowest BCUT2D eigenvalue weighted by Crippen LogP contribution is -2.32. The number of benzene rings is 2.